The molecule has 22 heavy (non-hydrogen) atoms. The lowest BCUT2D eigenvalue weighted by molar-refractivity contribution is 0.760. The maximum Gasteiger partial charge on any atom is 0.305 e. The molecular formula is C17H15N3OS. The van der Waals surface area contributed by atoms with Gasteiger partial charge in [-0.15, -0.1) is 0 Å². The summed E-state index contributed by atoms with van der Waals surface area (Å²) in [6.45, 7) is 4.29. The number of benzene rings is 2. The zero-order valence-electron chi connectivity index (χ0n) is 12.3. The van der Waals surface area contributed by atoms with E-state index in [0.29, 0.717) is 5.92 Å². The summed E-state index contributed by atoms with van der Waals surface area (Å²) in [5, 5.41) is 0. The first-order valence-electron chi connectivity index (χ1n) is 7.24. The molecule has 1 N–H and O–H groups in total. The number of aromatic nitrogens is 3. The molecule has 2 heterocycles. The zero-order chi connectivity index (χ0) is 15.3. The summed E-state index contributed by atoms with van der Waals surface area (Å²) < 4.78 is 3.15. The normalized spacial score (nSPS) is 11.8. The van der Waals surface area contributed by atoms with Gasteiger partial charge in [-0.1, -0.05) is 37.3 Å². The van der Waals surface area contributed by atoms with E-state index in [-0.39, 0.29) is 4.87 Å². The monoisotopic (exact) mass is 309 g/mol. The predicted molar refractivity (Wildman–Crippen MR) is 91.2 cm³/mol. The van der Waals surface area contributed by atoms with Crippen molar-refractivity contribution in [3.8, 4) is 5.69 Å². The minimum Gasteiger partial charge on any atom is -0.312 e. The van der Waals surface area contributed by atoms with E-state index in [0.717, 1.165) is 32.8 Å². The third-order valence-electron chi connectivity index (χ3n) is 3.77. The summed E-state index contributed by atoms with van der Waals surface area (Å²) in [6.07, 6.45) is 0. The van der Waals surface area contributed by atoms with Gasteiger partial charge in [0.1, 0.15) is 5.82 Å². The van der Waals surface area contributed by atoms with Crippen molar-refractivity contribution in [2.75, 3.05) is 0 Å². The number of aromatic amines is 1. The Balaban J connectivity index is 2.05. The van der Waals surface area contributed by atoms with Gasteiger partial charge in [-0.2, -0.15) is 0 Å². The minimum atomic E-state index is -0.0216. The number of imidazole rings is 1. The van der Waals surface area contributed by atoms with Crippen LogP contribution in [0.1, 0.15) is 25.6 Å². The van der Waals surface area contributed by atoms with Crippen LogP contribution in [0, 0.1) is 0 Å². The van der Waals surface area contributed by atoms with Crippen molar-refractivity contribution in [3.05, 3.63) is 58.0 Å². The highest BCUT2D eigenvalue weighted by Gasteiger charge is 2.15. The van der Waals surface area contributed by atoms with Gasteiger partial charge in [0.2, 0.25) is 0 Å². The number of rotatable bonds is 2. The predicted octanol–water partition coefficient (Wildman–Crippen LogP) is 4.05. The van der Waals surface area contributed by atoms with Gasteiger partial charge in [-0.25, -0.2) is 4.98 Å². The number of hydrogen-bond acceptors (Lipinski definition) is 3. The van der Waals surface area contributed by atoms with E-state index >= 15 is 0 Å². The fraction of sp³-hybridized carbons (Fsp3) is 0.176. The van der Waals surface area contributed by atoms with Crippen molar-refractivity contribution in [1.29, 1.82) is 0 Å². The molecule has 0 fully saturated rings. The van der Waals surface area contributed by atoms with Crippen molar-refractivity contribution < 1.29 is 0 Å². The molecular weight excluding hydrogens is 294 g/mol. The van der Waals surface area contributed by atoms with E-state index in [2.05, 4.69) is 35.5 Å². The van der Waals surface area contributed by atoms with Crippen LogP contribution < -0.4 is 4.87 Å². The summed E-state index contributed by atoms with van der Waals surface area (Å²) in [4.78, 5) is 19.1. The van der Waals surface area contributed by atoms with Crippen molar-refractivity contribution in [2.24, 2.45) is 0 Å². The quantitative estimate of drug-likeness (QED) is 0.607. The standard InChI is InChI=1S/C17H15N3OS/c1-10(2)16-18-12-5-3-4-6-14(12)20(16)11-7-8-13-15(9-11)22-17(21)19-13/h3-10H,1-2H3,(H,19,21). The van der Waals surface area contributed by atoms with Crippen LogP contribution in [-0.4, -0.2) is 14.5 Å². The molecule has 0 radical (unpaired) electrons. The summed E-state index contributed by atoms with van der Waals surface area (Å²) in [5.74, 6) is 1.34. The maximum absolute atomic E-state index is 11.5. The van der Waals surface area contributed by atoms with Crippen LogP contribution in [0.3, 0.4) is 0 Å². The Bertz CT molecular complexity index is 1040. The van der Waals surface area contributed by atoms with Gasteiger partial charge < -0.3 is 4.98 Å². The number of hydrogen-bond donors (Lipinski definition) is 1. The summed E-state index contributed by atoms with van der Waals surface area (Å²) >= 11 is 1.24. The van der Waals surface area contributed by atoms with E-state index in [1.807, 2.05) is 30.3 Å². The Morgan fingerprint density at radius 3 is 2.82 bits per heavy atom. The van der Waals surface area contributed by atoms with Gasteiger partial charge >= 0.3 is 4.87 Å². The smallest absolute Gasteiger partial charge is 0.305 e. The molecule has 0 unspecified atom stereocenters. The minimum absolute atomic E-state index is 0.0216. The number of fused-ring (bicyclic) bond motifs is 2. The van der Waals surface area contributed by atoms with Crippen LogP contribution in [0.25, 0.3) is 26.9 Å². The summed E-state index contributed by atoms with van der Waals surface area (Å²) in [6, 6.07) is 14.2. The first-order chi connectivity index (χ1) is 10.6. The van der Waals surface area contributed by atoms with Gasteiger partial charge in [-0.3, -0.25) is 9.36 Å². The van der Waals surface area contributed by atoms with E-state index in [9.17, 15) is 4.79 Å². The van der Waals surface area contributed by atoms with Gasteiger partial charge in [0.25, 0.3) is 0 Å². The molecule has 2 aromatic carbocycles. The highest BCUT2D eigenvalue weighted by Crippen LogP contribution is 2.28. The summed E-state index contributed by atoms with van der Waals surface area (Å²) in [7, 11) is 0. The SMILES string of the molecule is CC(C)c1nc2ccccc2n1-c1ccc2[nH]c(=O)sc2c1. The third kappa shape index (κ3) is 1.97. The molecule has 0 amide bonds. The molecule has 110 valence electrons. The van der Waals surface area contributed by atoms with Crippen molar-refractivity contribution in [3.63, 3.8) is 0 Å². The lowest BCUT2D eigenvalue weighted by Crippen LogP contribution is -2.02. The van der Waals surface area contributed by atoms with Gasteiger partial charge in [0.15, 0.2) is 0 Å². The molecule has 0 spiro atoms. The first-order valence-corrected chi connectivity index (χ1v) is 8.06. The van der Waals surface area contributed by atoms with Crippen LogP contribution in [0.15, 0.2) is 47.3 Å². The Morgan fingerprint density at radius 1 is 1.18 bits per heavy atom. The van der Waals surface area contributed by atoms with Crippen LogP contribution >= 0.6 is 11.3 Å². The van der Waals surface area contributed by atoms with E-state index in [1.54, 1.807) is 0 Å². The molecule has 2 aromatic heterocycles. The van der Waals surface area contributed by atoms with Crippen LogP contribution in [0.2, 0.25) is 0 Å². The Morgan fingerprint density at radius 2 is 2.00 bits per heavy atom. The van der Waals surface area contributed by atoms with E-state index in [1.165, 1.54) is 11.3 Å². The molecule has 0 aliphatic heterocycles. The Labute approximate surface area is 131 Å². The molecule has 0 aliphatic rings. The van der Waals surface area contributed by atoms with E-state index in [4.69, 9.17) is 4.98 Å². The van der Waals surface area contributed by atoms with Crippen molar-refractivity contribution >= 4 is 32.6 Å². The maximum atomic E-state index is 11.5. The molecule has 5 heteroatoms. The molecule has 4 aromatic rings. The number of H-pyrrole nitrogens is 1. The molecule has 0 bridgehead atoms. The number of nitrogens with one attached hydrogen (secondary N) is 1. The second kappa shape index (κ2) is 4.81. The third-order valence-corrected chi connectivity index (χ3v) is 4.61. The number of nitrogens with zero attached hydrogens (tertiary/aromatic N) is 2. The lowest BCUT2D eigenvalue weighted by atomic mass is 10.2. The summed E-state index contributed by atoms with van der Waals surface area (Å²) in [5.41, 5.74) is 4.01. The highest BCUT2D eigenvalue weighted by atomic mass is 32.1. The van der Waals surface area contributed by atoms with Crippen molar-refractivity contribution in [2.45, 2.75) is 19.8 Å². The van der Waals surface area contributed by atoms with Crippen LogP contribution in [0.5, 0.6) is 0 Å². The second-order valence-electron chi connectivity index (χ2n) is 5.64. The average Bonchev–Trinajstić information content (AvgIpc) is 3.05. The fourth-order valence-corrected chi connectivity index (χ4v) is 3.55. The highest BCUT2D eigenvalue weighted by molar-refractivity contribution is 7.16. The Kier molecular flexibility index (Phi) is 2.90. The molecule has 0 saturated carbocycles. The van der Waals surface area contributed by atoms with Crippen molar-refractivity contribution in [1.82, 2.24) is 14.5 Å². The largest absolute Gasteiger partial charge is 0.312 e. The average molecular weight is 309 g/mol. The molecule has 4 rings (SSSR count). The molecule has 4 nitrogen and oxygen atoms in total. The second-order valence-corrected chi connectivity index (χ2v) is 6.66. The number of thiazole rings is 1. The van der Waals surface area contributed by atoms with Gasteiger partial charge in [0, 0.05) is 11.6 Å². The zero-order valence-corrected chi connectivity index (χ0v) is 13.1. The Hall–Kier alpha value is -2.40. The number of para-hydroxylation sites is 2. The van der Waals surface area contributed by atoms with Crippen LogP contribution in [0.4, 0.5) is 0 Å². The molecule has 0 aliphatic carbocycles. The molecule has 0 atom stereocenters. The molecule has 0 saturated heterocycles. The topological polar surface area (TPSA) is 50.7 Å². The van der Waals surface area contributed by atoms with E-state index < -0.39 is 0 Å². The van der Waals surface area contributed by atoms with Gasteiger partial charge in [-0.05, 0) is 30.3 Å². The fourth-order valence-electron chi connectivity index (χ4n) is 2.78. The lowest BCUT2D eigenvalue weighted by Gasteiger charge is -2.11. The van der Waals surface area contributed by atoms with Crippen LogP contribution in [-0.2, 0) is 0 Å². The first kappa shape index (κ1) is 13.3. The van der Waals surface area contributed by atoms with Gasteiger partial charge in [0.05, 0.1) is 21.3 Å².